The molecule has 0 bridgehead atoms. The molecule has 0 fully saturated rings. The van der Waals surface area contributed by atoms with Gasteiger partial charge in [0.2, 0.25) is 16.0 Å². The third-order valence-corrected chi connectivity index (χ3v) is 4.20. The lowest BCUT2D eigenvalue weighted by molar-refractivity contribution is 0.580. The molecule has 2 aromatic rings. The van der Waals surface area contributed by atoms with E-state index < -0.39 is 10.0 Å². The predicted molar refractivity (Wildman–Crippen MR) is 78.2 cm³/mol. The van der Waals surface area contributed by atoms with E-state index in [0.717, 1.165) is 11.3 Å². The maximum atomic E-state index is 12.2. The third-order valence-electron chi connectivity index (χ3n) is 2.84. The van der Waals surface area contributed by atoms with E-state index in [2.05, 4.69) is 25.1 Å². The molecule has 2 rings (SSSR count). The van der Waals surface area contributed by atoms with Gasteiger partial charge in [-0.3, -0.25) is 4.68 Å². The predicted octanol–water partition coefficient (Wildman–Crippen LogP) is 0.429. The van der Waals surface area contributed by atoms with Crippen molar-refractivity contribution in [1.82, 2.24) is 24.5 Å². The van der Waals surface area contributed by atoms with Crippen molar-refractivity contribution in [2.45, 2.75) is 25.3 Å². The monoisotopic (exact) mass is 310 g/mol. The number of anilines is 1. The van der Waals surface area contributed by atoms with Gasteiger partial charge in [0, 0.05) is 31.9 Å². The number of sulfonamides is 1. The fourth-order valence-electron chi connectivity index (χ4n) is 1.78. The van der Waals surface area contributed by atoms with Gasteiger partial charge < -0.3 is 5.32 Å². The Labute approximate surface area is 123 Å². The first kappa shape index (κ1) is 15.4. The van der Waals surface area contributed by atoms with Crippen LogP contribution in [0.3, 0.4) is 0 Å². The minimum atomic E-state index is -3.64. The number of rotatable bonds is 6. The fourth-order valence-corrected chi connectivity index (χ4v) is 2.68. The number of nitrogens with zero attached hydrogens (tertiary/aromatic N) is 4. The van der Waals surface area contributed by atoms with E-state index in [4.69, 9.17) is 0 Å². The normalized spacial score (nSPS) is 11.6. The van der Waals surface area contributed by atoms with Gasteiger partial charge in [-0.25, -0.2) is 23.1 Å². The van der Waals surface area contributed by atoms with Crippen LogP contribution >= 0.6 is 0 Å². The van der Waals surface area contributed by atoms with Crippen LogP contribution < -0.4 is 10.0 Å². The van der Waals surface area contributed by atoms with Crippen LogP contribution in [0.15, 0.2) is 23.5 Å². The molecule has 0 aliphatic carbocycles. The molecule has 0 atom stereocenters. The second-order valence-electron chi connectivity index (χ2n) is 4.51. The Balaban J connectivity index is 2.09. The van der Waals surface area contributed by atoms with E-state index in [9.17, 15) is 8.42 Å². The molecule has 2 aromatic heterocycles. The molecule has 114 valence electrons. The molecule has 0 unspecified atom stereocenters. The highest BCUT2D eigenvalue weighted by Gasteiger charge is 2.16. The quantitative estimate of drug-likeness (QED) is 0.802. The van der Waals surface area contributed by atoms with Crippen LogP contribution in [-0.2, 0) is 23.6 Å². The molecule has 0 amide bonds. The summed E-state index contributed by atoms with van der Waals surface area (Å²) in [6.07, 6.45) is 4.34. The first-order valence-electron chi connectivity index (χ1n) is 6.47. The summed E-state index contributed by atoms with van der Waals surface area (Å²) in [5.41, 5.74) is 1.62. The Kier molecular flexibility index (Phi) is 4.53. The van der Waals surface area contributed by atoms with Crippen molar-refractivity contribution in [2.75, 3.05) is 11.9 Å². The summed E-state index contributed by atoms with van der Waals surface area (Å²) in [7, 11) is -1.85. The average molecular weight is 310 g/mol. The molecule has 9 heteroatoms. The molecule has 0 spiro atoms. The molecule has 2 N–H and O–H groups in total. The molecule has 0 saturated carbocycles. The largest absolute Gasteiger partial charge is 0.355 e. The minimum absolute atomic E-state index is 0.0331. The van der Waals surface area contributed by atoms with Gasteiger partial charge in [-0.05, 0) is 13.8 Å². The molecule has 21 heavy (non-hydrogen) atoms. The van der Waals surface area contributed by atoms with Gasteiger partial charge in [0.1, 0.15) is 4.90 Å². The van der Waals surface area contributed by atoms with Crippen LogP contribution in [0, 0.1) is 6.92 Å². The highest BCUT2D eigenvalue weighted by atomic mass is 32.2. The first-order chi connectivity index (χ1) is 9.92. The molecule has 8 nitrogen and oxygen atoms in total. The lowest BCUT2D eigenvalue weighted by atomic mass is 10.3. The smallest absolute Gasteiger partial charge is 0.243 e. The van der Waals surface area contributed by atoms with Gasteiger partial charge in [0.15, 0.2) is 0 Å². The zero-order chi connectivity index (χ0) is 15.5. The summed E-state index contributed by atoms with van der Waals surface area (Å²) in [6.45, 7) is 4.59. The summed E-state index contributed by atoms with van der Waals surface area (Å²) in [5, 5.41) is 7.07. The molecule has 0 aromatic carbocycles. The summed E-state index contributed by atoms with van der Waals surface area (Å²) < 4.78 is 28.5. The number of hydrogen-bond donors (Lipinski definition) is 2. The van der Waals surface area contributed by atoms with Gasteiger partial charge in [-0.1, -0.05) is 0 Å². The van der Waals surface area contributed by atoms with Gasteiger partial charge >= 0.3 is 0 Å². The molecular formula is C12H18N6O2S. The highest BCUT2D eigenvalue weighted by molar-refractivity contribution is 7.89. The van der Waals surface area contributed by atoms with Crippen molar-refractivity contribution in [3.05, 3.63) is 29.8 Å². The third kappa shape index (κ3) is 3.76. The van der Waals surface area contributed by atoms with E-state index in [1.165, 1.54) is 12.4 Å². The average Bonchev–Trinajstić information content (AvgIpc) is 2.76. The number of aromatic nitrogens is 4. The van der Waals surface area contributed by atoms with Crippen molar-refractivity contribution in [1.29, 1.82) is 0 Å². The zero-order valence-electron chi connectivity index (χ0n) is 12.2. The van der Waals surface area contributed by atoms with E-state index in [1.54, 1.807) is 17.9 Å². The SMILES string of the molecule is CCNc1ncc(S(=O)(=O)NCc2cn(C)nc2C)cn1. The van der Waals surface area contributed by atoms with Crippen LogP contribution in [0.1, 0.15) is 18.2 Å². The van der Waals surface area contributed by atoms with Crippen molar-refractivity contribution in [2.24, 2.45) is 7.05 Å². The van der Waals surface area contributed by atoms with Gasteiger partial charge in [-0.15, -0.1) is 0 Å². The van der Waals surface area contributed by atoms with Crippen LogP contribution in [-0.4, -0.2) is 34.7 Å². The van der Waals surface area contributed by atoms with Gasteiger partial charge in [-0.2, -0.15) is 5.10 Å². The topological polar surface area (TPSA) is 102 Å². The van der Waals surface area contributed by atoms with Crippen LogP contribution in [0.5, 0.6) is 0 Å². The lowest BCUT2D eigenvalue weighted by Crippen LogP contribution is -2.23. The zero-order valence-corrected chi connectivity index (χ0v) is 13.0. The Hall–Kier alpha value is -2.00. The summed E-state index contributed by atoms with van der Waals surface area (Å²) in [5.74, 6) is 0.402. The molecule has 0 radical (unpaired) electrons. The molecule has 0 aliphatic heterocycles. The number of nitrogens with one attached hydrogen (secondary N) is 2. The Morgan fingerprint density at radius 2 is 1.95 bits per heavy atom. The maximum Gasteiger partial charge on any atom is 0.243 e. The van der Waals surface area contributed by atoms with Crippen molar-refractivity contribution in [3.63, 3.8) is 0 Å². The molecule has 0 saturated heterocycles. The van der Waals surface area contributed by atoms with Crippen molar-refractivity contribution >= 4 is 16.0 Å². The van der Waals surface area contributed by atoms with E-state index in [0.29, 0.717) is 12.5 Å². The standard InChI is InChI=1S/C12H18N6O2S/c1-4-13-12-14-6-11(7-15-12)21(19,20)16-5-10-8-18(3)17-9(10)2/h6-8,16H,4-5H2,1-3H3,(H,13,14,15). The highest BCUT2D eigenvalue weighted by Crippen LogP contribution is 2.10. The Morgan fingerprint density at radius 3 is 2.48 bits per heavy atom. The summed E-state index contributed by atoms with van der Waals surface area (Å²) >= 11 is 0. The van der Waals surface area contributed by atoms with Crippen LogP contribution in [0.25, 0.3) is 0 Å². The van der Waals surface area contributed by atoms with Gasteiger partial charge in [0.05, 0.1) is 18.1 Å². The molecule has 0 aliphatic rings. The second-order valence-corrected chi connectivity index (χ2v) is 6.28. The minimum Gasteiger partial charge on any atom is -0.355 e. The second kappa shape index (κ2) is 6.19. The van der Waals surface area contributed by atoms with Crippen LogP contribution in [0.4, 0.5) is 5.95 Å². The first-order valence-corrected chi connectivity index (χ1v) is 7.95. The number of aryl methyl sites for hydroxylation is 2. The Morgan fingerprint density at radius 1 is 1.29 bits per heavy atom. The van der Waals surface area contributed by atoms with Crippen molar-refractivity contribution < 1.29 is 8.42 Å². The van der Waals surface area contributed by atoms with Gasteiger partial charge in [0.25, 0.3) is 0 Å². The number of hydrogen-bond acceptors (Lipinski definition) is 6. The molecule has 2 heterocycles. The molecular weight excluding hydrogens is 292 g/mol. The van der Waals surface area contributed by atoms with E-state index in [-0.39, 0.29) is 11.4 Å². The maximum absolute atomic E-state index is 12.2. The Bertz CT molecular complexity index is 708. The van der Waals surface area contributed by atoms with E-state index in [1.807, 2.05) is 13.8 Å². The summed E-state index contributed by atoms with van der Waals surface area (Å²) in [4.78, 5) is 7.94. The fraction of sp³-hybridized carbons (Fsp3) is 0.417. The lowest BCUT2D eigenvalue weighted by Gasteiger charge is -2.06. The van der Waals surface area contributed by atoms with E-state index >= 15 is 0 Å². The summed E-state index contributed by atoms with van der Waals surface area (Å²) in [6, 6.07) is 0. The van der Waals surface area contributed by atoms with Crippen molar-refractivity contribution in [3.8, 4) is 0 Å². The van der Waals surface area contributed by atoms with Crippen LogP contribution in [0.2, 0.25) is 0 Å².